The van der Waals surface area contributed by atoms with Crippen molar-refractivity contribution in [3.05, 3.63) is 15.5 Å². The van der Waals surface area contributed by atoms with Crippen LogP contribution in [0, 0.1) is 3.57 Å². The van der Waals surface area contributed by atoms with E-state index in [9.17, 15) is 17.2 Å². The SMILES string of the molecule is Nc1c(S(N)(=O)=O)cnc(C(F)F)c1I. The molecular formula is C6H6F2IN3O2S. The van der Waals surface area contributed by atoms with Crippen LogP contribution in [0.2, 0.25) is 0 Å². The Balaban J connectivity index is 3.48. The normalized spacial score (nSPS) is 12.1. The van der Waals surface area contributed by atoms with Crippen LogP contribution in [0.3, 0.4) is 0 Å². The number of halogens is 3. The first-order chi connectivity index (χ1) is 6.75. The highest BCUT2D eigenvalue weighted by atomic mass is 127. The Hall–Kier alpha value is -0.550. The molecule has 0 fully saturated rings. The first-order valence-corrected chi connectivity index (χ1v) is 6.12. The van der Waals surface area contributed by atoms with E-state index in [1.807, 2.05) is 0 Å². The number of pyridine rings is 1. The number of rotatable bonds is 2. The summed E-state index contributed by atoms with van der Waals surface area (Å²) in [6.45, 7) is 0. The van der Waals surface area contributed by atoms with Gasteiger partial charge in [-0.25, -0.2) is 22.3 Å². The van der Waals surface area contributed by atoms with Crippen LogP contribution in [0.15, 0.2) is 11.1 Å². The Labute approximate surface area is 98.0 Å². The minimum absolute atomic E-state index is 0.103. The van der Waals surface area contributed by atoms with Gasteiger partial charge in [0.05, 0.1) is 9.26 Å². The maximum Gasteiger partial charge on any atom is 0.281 e. The lowest BCUT2D eigenvalue weighted by atomic mass is 10.3. The highest BCUT2D eigenvalue weighted by molar-refractivity contribution is 14.1. The smallest absolute Gasteiger partial charge is 0.281 e. The predicted molar refractivity (Wildman–Crippen MR) is 57.7 cm³/mol. The predicted octanol–water partition coefficient (Wildman–Crippen LogP) is 0.853. The van der Waals surface area contributed by atoms with Gasteiger partial charge < -0.3 is 5.73 Å². The lowest BCUT2D eigenvalue weighted by molar-refractivity contribution is 0.145. The lowest BCUT2D eigenvalue weighted by Crippen LogP contribution is -2.16. The fourth-order valence-corrected chi connectivity index (χ4v) is 2.34. The summed E-state index contributed by atoms with van der Waals surface area (Å²) in [5.74, 6) is 0. The highest BCUT2D eigenvalue weighted by Crippen LogP contribution is 2.29. The maximum absolute atomic E-state index is 12.3. The quantitative estimate of drug-likeness (QED) is 0.774. The fraction of sp³-hybridized carbons (Fsp3) is 0.167. The van der Waals surface area contributed by atoms with Crippen LogP contribution in [-0.4, -0.2) is 13.4 Å². The third kappa shape index (κ3) is 2.52. The number of alkyl halides is 2. The van der Waals surface area contributed by atoms with E-state index in [-0.39, 0.29) is 9.26 Å². The van der Waals surface area contributed by atoms with Crippen molar-refractivity contribution in [2.24, 2.45) is 5.14 Å². The van der Waals surface area contributed by atoms with Gasteiger partial charge in [0.25, 0.3) is 6.43 Å². The monoisotopic (exact) mass is 349 g/mol. The van der Waals surface area contributed by atoms with Gasteiger partial charge in [0.1, 0.15) is 10.6 Å². The zero-order valence-corrected chi connectivity index (χ0v) is 10.1. The number of nitrogens with zero attached hydrogens (tertiary/aromatic N) is 1. The molecule has 0 atom stereocenters. The van der Waals surface area contributed by atoms with Crippen LogP contribution >= 0.6 is 22.6 Å². The summed E-state index contributed by atoms with van der Waals surface area (Å²) >= 11 is 1.50. The minimum Gasteiger partial charge on any atom is -0.397 e. The molecule has 9 heteroatoms. The summed E-state index contributed by atoms with van der Waals surface area (Å²) < 4.78 is 46.5. The Morgan fingerprint density at radius 3 is 2.40 bits per heavy atom. The second kappa shape index (κ2) is 4.14. The van der Waals surface area contributed by atoms with E-state index in [1.54, 1.807) is 0 Å². The van der Waals surface area contributed by atoms with E-state index in [2.05, 4.69) is 4.98 Å². The molecule has 4 N–H and O–H groups in total. The topological polar surface area (TPSA) is 99.1 Å². The molecule has 0 aliphatic carbocycles. The van der Waals surface area contributed by atoms with Crippen molar-refractivity contribution in [1.29, 1.82) is 0 Å². The number of sulfonamides is 1. The molecule has 1 heterocycles. The molecule has 0 saturated carbocycles. The van der Waals surface area contributed by atoms with Crippen LogP contribution < -0.4 is 10.9 Å². The van der Waals surface area contributed by atoms with Gasteiger partial charge in [-0.3, -0.25) is 4.98 Å². The van der Waals surface area contributed by atoms with Gasteiger partial charge in [0.15, 0.2) is 0 Å². The molecule has 0 radical (unpaired) electrons. The summed E-state index contributed by atoms with van der Waals surface area (Å²) in [5, 5.41) is 4.81. The van der Waals surface area contributed by atoms with Gasteiger partial charge in [-0.15, -0.1) is 0 Å². The van der Waals surface area contributed by atoms with E-state index in [0.29, 0.717) is 0 Å². The van der Waals surface area contributed by atoms with Crippen molar-refractivity contribution in [2.45, 2.75) is 11.3 Å². The van der Waals surface area contributed by atoms with Crippen LogP contribution in [0.1, 0.15) is 12.1 Å². The Morgan fingerprint density at radius 1 is 1.47 bits per heavy atom. The minimum atomic E-state index is -4.04. The average Bonchev–Trinajstić information content (AvgIpc) is 2.06. The zero-order valence-electron chi connectivity index (χ0n) is 7.12. The maximum atomic E-state index is 12.3. The number of anilines is 1. The molecule has 1 rings (SSSR count). The molecule has 0 amide bonds. The van der Waals surface area contributed by atoms with Gasteiger partial charge >= 0.3 is 0 Å². The van der Waals surface area contributed by atoms with Crippen molar-refractivity contribution in [1.82, 2.24) is 4.98 Å². The van der Waals surface area contributed by atoms with E-state index < -0.39 is 27.0 Å². The molecule has 0 aromatic carbocycles. The Bertz CT molecular complexity index is 491. The molecule has 0 saturated heterocycles. The second-order valence-electron chi connectivity index (χ2n) is 2.58. The third-order valence-electron chi connectivity index (χ3n) is 1.56. The van der Waals surface area contributed by atoms with Gasteiger partial charge in [0.2, 0.25) is 10.0 Å². The van der Waals surface area contributed by atoms with Crippen LogP contribution in [-0.2, 0) is 10.0 Å². The Morgan fingerprint density at radius 2 is 2.00 bits per heavy atom. The van der Waals surface area contributed by atoms with Gasteiger partial charge in [0, 0.05) is 6.20 Å². The van der Waals surface area contributed by atoms with Crippen LogP contribution in [0.4, 0.5) is 14.5 Å². The largest absolute Gasteiger partial charge is 0.397 e. The number of primary sulfonamides is 1. The van der Waals surface area contributed by atoms with Gasteiger partial charge in [-0.2, -0.15) is 0 Å². The molecule has 84 valence electrons. The van der Waals surface area contributed by atoms with Crippen LogP contribution in [0.5, 0.6) is 0 Å². The molecule has 15 heavy (non-hydrogen) atoms. The summed E-state index contributed by atoms with van der Waals surface area (Å²) in [7, 11) is -4.04. The standard InChI is InChI=1S/C6H6F2IN3O2S/c7-6(8)5-3(9)4(10)2(1-12-5)15(11,13)14/h1,6H,(H2,10,12)(H2,11,13,14). The summed E-state index contributed by atoms with van der Waals surface area (Å²) in [4.78, 5) is 2.86. The first-order valence-electron chi connectivity index (χ1n) is 3.50. The molecule has 0 bridgehead atoms. The average molecular weight is 349 g/mol. The lowest BCUT2D eigenvalue weighted by Gasteiger charge is -2.08. The summed E-state index contributed by atoms with van der Waals surface area (Å²) in [6, 6.07) is 0. The van der Waals surface area contributed by atoms with Gasteiger partial charge in [-0.05, 0) is 22.6 Å². The number of hydrogen-bond donors (Lipinski definition) is 2. The number of nitrogens with two attached hydrogens (primary N) is 2. The van der Waals surface area contributed by atoms with Crippen molar-refractivity contribution in [3.63, 3.8) is 0 Å². The number of hydrogen-bond acceptors (Lipinski definition) is 4. The first kappa shape index (κ1) is 12.5. The fourth-order valence-electron chi connectivity index (χ4n) is 0.879. The highest BCUT2D eigenvalue weighted by Gasteiger charge is 2.21. The van der Waals surface area contributed by atoms with E-state index in [0.717, 1.165) is 6.20 Å². The zero-order chi connectivity index (χ0) is 11.8. The van der Waals surface area contributed by atoms with Crippen molar-refractivity contribution in [3.8, 4) is 0 Å². The molecular weight excluding hydrogens is 343 g/mol. The van der Waals surface area contributed by atoms with E-state index in [4.69, 9.17) is 10.9 Å². The number of aromatic nitrogens is 1. The third-order valence-corrected chi connectivity index (χ3v) is 3.63. The van der Waals surface area contributed by atoms with Crippen molar-refractivity contribution >= 4 is 38.3 Å². The molecule has 0 aliphatic heterocycles. The van der Waals surface area contributed by atoms with Crippen molar-refractivity contribution < 1.29 is 17.2 Å². The van der Waals surface area contributed by atoms with E-state index in [1.165, 1.54) is 22.6 Å². The Kier molecular flexibility index (Phi) is 3.45. The molecule has 5 nitrogen and oxygen atoms in total. The molecule has 1 aromatic heterocycles. The molecule has 1 aromatic rings. The summed E-state index contributed by atoms with van der Waals surface area (Å²) in [5.41, 5.74) is 4.51. The van der Waals surface area contributed by atoms with Crippen molar-refractivity contribution in [2.75, 3.05) is 5.73 Å². The number of nitrogen functional groups attached to an aromatic ring is 1. The second-order valence-corrected chi connectivity index (χ2v) is 5.19. The molecule has 0 aliphatic rings. The van der Waals surface area contributed by atoms with Gasteiger partial charge in [-0.1, -0.05) is 0 Å². The van der Waals surface area contributed by atoms with E-state index >= 15 is 0 Å². The molecule has 0 spiro atoms. The van der Waals surface area contributed by atoms with Crippen LogP contribution in [0.25, 0.3) is 0 Å². The summed E-state index contributed by atoms with van der Waals surface area (Å²) in [6.07, 6.45) is -2.08. The molecule has 0 unspecified atom stereocenters.